The van der Waals surface area contributed by atoms with Crippen LogP contribution in [-0.4, -0.2) is 31.8 Å². The van der Waals surface area contributed by atoms with Crippen molar-refractivity contribution in [2.45, 2.75) is 65.6 Å². The molecule has 2 atom stereocenters. The molecule has 19 heavy (non-hydrogen) atoms. The van der Waals surface area contributed by atoms with Crippen LogP contribution < -0.4 is 4.72 Å². The van der Waals surface area contributed by atoms with E-state index in [2.05, 4.69) is 4.72 Å². The van der Waals surface area contributed by atoms with E-state index in [0.29, 0.717) is 6.42 Å². The quantitative estimate of drug-likeness (QED) is 0.857. The highest BCUT2D eigenvalue weighted by atomic mass is 32.2. The molecule has 0 aliphatic carbocycles. The van der Waals surface area contributed by atoms with Gasteiger partial charge in [0.15, 0.2) is 0 Å². The molecule has 0 aromatic rings. The average molecular weight is 291 g/mol. The van der Waals surface area contributed by atoms with Crippen molar-refractivity contribution in [2.24, 2.45) is 5.41 Å². The summed E-state index contributed by atoms with van der Waals surface area (Å²) >= 11 is 0. The van der Waals surface area contributed by atoms with Gasteiger partial charge < -0.3 is 4.74 Å². The topological polar surface area (TPSA) is 72.5 Å². The Labute approximate surface area is 116 Å². The van der Waals surface area contributed by atoms with E-state index in [1.165, 1.54) is 0 Å². The zero-order valence-corrected chi connectivity index (χ0v) is 13.3. The number of sulfonamides is 1. The minimum Gasteiger partial charge on any atom is -0.362 e. The summed E-state index contributed by atoms with van der Waals surface area (Å²) in [5.41, 5.74) is -0.698. The van der Waals surface area contributed by atoms with Gasteiger partial charge in [0, 0.05) is 0 Å². The van der Waals surface area contributed by atoms with Gasteiger partial charge in [0.2, 0.25) is 10.0 Å². The third kappa shape index (κ3) is 5.10. The SMILES string of the molecule is CCC1(C)CCC(C(=O)NS(=O)(=O)CC(C)(C)C)O1. The van der Waals surface area contributed by atoms with Crippen molar-refractivity contribution in [2.75, 3.05) is 5.75 Å². The zero-order chi connectivity index (χ0) is 14.9. The van der Waals surface area contributed by atoms with E-state index < -0.39 is 22.0 Å². The molecule has 0 aromatic carbocycles. The summed E-state index contributed by atoms with van der Waals surface area (Å²) in [6.07, 6.45) is 1.51. The lowest BCUT2D eigenvalue weighted by atomic mass is 9.99. The van der Waals surface area contributed by atoms with Crippen LogP contribution in [0, 0.1) is 5.41 Å². The maximum absolute atomic E-state index is 11.9. The van der Waals surface area contributed by atoms with Gasteiger partial charge in [-0.25, -0.2) is 8.42 Å². The Balaban J connectivity index is 2.62. The lowest BCUT2D eigenvalue weighted by Crippen LogP contribution is -2.42. The van der Waals surface area contributed by atoms with Crippen LogP contribution in [0.25, 0.3) is 0 Å². The Bertz CT molecular complexity index is 438. The van der Waals surface area contributed by atoms with Gasteiger partial charge in [-0.15, -0.1) is 0 Å². The predicted octanol–water partition coefficient (Wildman–Crippen LogP) is 1.83. The van der Waals surface area contributed by atoms with Crippen LogP contribution in [0.4, 0.5) is 0 Å². The summed E-state index contributed by atoms with van der Waals surface area (Å²) in [5, 5.41) is 0. The van der Waals surface area contributed by atoms with E-state index in [4.69, 9.17) is 4.74 Å². The van der Waals surface area contributed by atoms with Crippen molar-refractivity contribution in [1.82, 2.24) is 4.72 Å². The zero-order valence-electron chi connectivity index (χ0n) is 12.4. The van der Waals surface area contributed by atoms with Gasteiger partial charge in [-0.2, -0.15) is 0 Å². The number of carbonyl (C=O) groups is 1. The van der Waals surface area contributed by atoms with Gasteiger partial charge in [-0.05, 0) is 31.6 Å². The van der Waals surface area contributed by atoms with Crippen LogP contribution in [-0.2, 0) is 19.6 Å². The number of amides is 1. The molecule has 5 nitrogen and oxygen atoms in total. The van der Waals surface area contributed by atoms with E-state index >= 15 is 0 Å². The predicted molar refractivity (Wildman–Crippen MR) is 74.2 cm³/mol. The van der Waals surface area contributed by atoms with Crippen LogP contribution in [0.3, 0.4) is 0 Å². The van der Waals surface area contributed by atoms with Crippen molar-refractivity contribution in [3.8, 4) is 0 Å². The molecule has 1 aliphatic rings. The Morgan fingerprint density at radius 2 is 2.00 bits per heavy atom. The molecule has 1 amide bonds. The molecule has 0 bridgehead atoms. The molecule has 1 heterocycles. The van der Waals surface area contributed by atoms with E-state index in [1.54, 1.807) is 0 Å². The summed E-state index contributed by atoms with van der Waals surface area (Å²) < 4.78 is 31.5. The first-order valence-corrected chi connectivity index (χ1v) is 8.34. The normalized spacial score (nSPS) is 28.4. The van der Waals surface area contributed by atoms with Gasteiger partial charge in [0.25, 0.3) is 5.91 Å². The third-order valence-electron chi connectivity index (χ3n) is 3.28. The fourth-order valence-corrected chi connectivity index (χ4v) is 3.82. The van der Waals surface area contributed by atoms with Crippen LogP contribution >= 0.6 is 0 Å². The Kier molecular flexibility index (Phi) is 4.67. The molecule has 0 saturated carbocycles. The van der Waals surface area contributed by atoms with Crippen LogP contribution in [0.2, 0.25) is 0 Å². The number of carbonyl (C=O) groups excluding carboxylic acids is 1. The molecule has 0 aromatic heterocycles. The molecule has 1 saturated heterocycles. The Hall–Kier alpha value is -0.620. The van der Waals surface area contributed by atoms with Crippen molar-refractivity contribution in [3.05, 3.63) is 0 Å². The van der Waals surface area contributed by atoms with Crippen molar-refractivity contribution < 1.29 is 17.9 Å². The highest BCUT2D eigenvalue weighted by Gasteiger charge is 2.39. The Morgan fingerprint density at radius 3 is 2.42 bits per heavy atom. The third-order valence-corrected chi connectivity index (χ3v) is 5.04. The molecule has 1 rings (SSSR count). The summed E-state index contributed by atoms with van der Waals surface area (Å²) in [6.45, 7) is 9.39. The molecule has 0 radical (unpaired) electrons. The summed E-state index contributed by atoms with van der Waals surface area (Å²) in [4.78, 5) is 11.9. The number of rotatable bonds is 4. The number of nitrogens with one attached hydrogen (secondary N) is 1. The molecule has 1 fully saturated rings. The molecule has 112 valence electrons. The molecule has 6 heteroatoms. The summed E-state index contributed by atoms with van der Waals surface area (Å²) in [5.74, 6) is -0.620. The standard InChI is InChI=1S/C13H25NO4S/c1-6-13(5)8-7-10(18-13)11(15)14-19(16,17)9-12(2,3)4/h10H,6-9H2,1-5H3,(H,14,15). The van der Waals surface area contributed by atoms with Gasteiger partial charge >= 0.3 is 0 Å². The fourth-order valence-electron chi connectivity index (χ4n) is 2.17. The van der Waals surface area contributed by atoms with Gasteiger partial charge in [0.1, 0.15) is 6.10 Å². The number of hydrogen-bond donors (Lipinski definition) is 1. The largest absolute Gasteiger partial charge is 0.362 e. The highest BCUT2D eigenvalue weighted by Crippen LogP contribution is 2.32. The van der Waals surface area contributed by atoms with Gasteiger partial charge in [0.05, 0.1) is 11.4 Å². The number of hydrogen-bond acceptors (Lipinski definition) is 4. The lowest BCUT2D eigenvalue weighted by Gasteiger charge is -2.23. The second kappa shape index (κ2) is 5.40. The first-order chi connectivity index (χ1) is 8.46. The second-order valence-corrected chi connectivity index (χ2v) is 8.46. The molecule has 2 unspecified atom stereocenters. The van der Waals surface area contributed by atoms with Crippen molar-refractivity contribution in [3.63, 3.8) is 0 Å². The average Bonchev–Trinajstić information content (AvgIpc) is 2.57. The minimum atomic E-state index is -3.60. The Morgan fingerprint density at radius 1 is 1.42 bits per heavy atom. The maximum Gasteiger partial charge on any atom is 0.262 e. The van der Waals surface area contributed by atoms with E-state index in [9.17, 15) is 13.2 Å². The number of ether oxygens (including phenoxy) is 1. The lowest BCUT2D eigenvalue weighted by molar-refractivity contribution is -0.134. The smallest absolute Gasteiger partial charge is 0.262 e. The molecular formula is C13H25NO4S. The summed E-state index contributed by atoms with van der Waals surface area (Å²) in [6, 6.07) is 0. The van der Waals surface area contributed by atoms with Crippen LogP contribution in [0.5, 0.6) is 0 Å². The van der Waals surface area contributed by atoms with E-state index in [0.717, 1.165) is 12.8 Å². The molecular weight excluding hydrogens is 266 g/mol. The van der Waals surface area contributed by atoms with Crippen molar-refractivity contribution >= 4 is 15.9 Å². The fraction of sp³-hybridized carbons (Fsp3) is 0.923. The van der Waals surface area contributed by atoms with E-state index in [1.807, 2.05) is 34.6 Å². The molecule has 1 aliphatic heterocycles. The van der Waals surface area contributed by atoms with Crippen LogP contribution in [0.15, 0.2) is 0 Å². The van der Waals surface area contributed by atoms with Crippen molar-refractivity contribution in [1.29, 1.82) is 0 Å². The maximum atomic E-state index is 11.9. The first kappa shape index (κ1) is 16.4. The highest BCUT2D eigenvalue weighted by molar-refractivity contribution is 7.90. The monoisotopic (exact) mass is 291 g/mol. The van der Waals surface area contributed by atoms with Crippen LogP contribution in [0.1, 0.15) is 53.9 Å². The molecule has 0 spiro atoms. The minimum absolute atomic E-state index is 0.0799. The molecule has 1 N–H and O–H groups in total. The first-order valence-electron chi connectivity index (χ1n) is 6.68. The van der Waals surface area contributed by atoms with Gasteiger partial charge in [-0.1, -0.05) is 27.7 Å². The summed E-state index contributed by atoms with van der Waals surface area (Å²) in [7, 11) is -3.60. The second-order valence-electron chi connectivity index (χ2n) is 6.73. The van der Waals surface area contributed by atoms with E-state index in [-0.39, 0.29) is 16.8 Å². The van der Waals surface area contributed by atoms with Gasteiger partial charge in [-0.3, -0.25) is 9.52 Å².